The minimum absolute atomic E-state index is 0.0961. The Labute approximate surface area is 445 Å². The van der Waals surface area contributed by atoms with E-state index in [-0.39, 0.29) is 37.5 Å². The first-order valence-electron chi connectivity index (χ1n) is 30.6. The molecule has 6 heteroatoms. The van der Waals surface area contributed by atoms with E-state index >= 15 is 0 Å². The van der Waals surface area contributed by atoms with E-state index in [4.69, 9.17) is 14.2 Å². The lowest BCUT2D eigenvalue weighted by Gasteiger charge is -2.18. The quantitative estimate of drug-likeness (QED) is 0.0261. The summed E-state index contributed by atoms with van der Waals surface area (Å²) < 4.78 is 16.9. The smallest absolute Gasteiger partial charge is 0.306 e. The van der Waals surface area contributed by atoms with Crippen LogP contribution in [-0.2, 0) is 28.6 Å². The second-order valence-corrected chi connectivity index (χ2v) is 20.2. The van der Waals surface area contributed by atoms with Crippen molar-refractivity contribution in [3.05, 3.63) is 85.1 Å². The van der Waals surface area contributed by atoms with Gasteiger partial charge in [0.2, 0.25) is 0 Å². The normalized spacial score (nSPS) is 12.7. The molecule has 0 rings (SSSR count). The van der Waals surface area contributed by atoms with Crippen molar-refractivity contribution < 1.29 is 28.6 Å². The van der Waals surface area contributed by atoms with Crippen LogP contribution in [0.4, 0.5) is 0 Å². The SMILES string of the molecule is CC/C=C\C/C=C\C/C=C\C/C=C\C/C=C\CCCC(=O)OCC(COC(=O)CCCCCCCCCCC/C=C\CCCCCCCC)OC(=O)CCCCCCCCC/C=C\CCCCCCCCC. The molecule has 0 amide bonds. The molecular formula is C66H114O6. The number of carbonyl (C=O) groups excluding carboxylic acids is 3. The molecule has 0 spiro atoms. The molecule has 0 fully saturated rings. The third kappa shape index (κ3) is 57.5. The number of allylic oxidation sites excluding steroid dienone is 14. The van der Waals surface area contributed by atoms with Crippen LogP contribution in [0.2, 0.25) is 0 Å². The zero-order valence-corrected chi connectivity index (χ0v) is 47.4. The highest BCUT2D eigenvalue weighted by Crippen LogP contribution is 2.15. The Kier molecular flexibility index (Phi) is 57.3. The van der Waals surface area contributed by atoms with Gasteiger partial charge in [-0.1, -0.05) is 254 Å². The standard InChI is InChI=1S/C66H114O6/c1-4-7-10-13-16-19-22-25-28-31-33-36-38-41-44-47-50-53-56-59-65(68)71-62-63(61-70-64(67)58-55-52-49-46-43-40-37-34-30-27-24-21-18-15-12-9-6-3)72-66(69)60-57-54-51-48-45-42-39-35-32-29-26-23-20-17-14-11-8-5-2/h9,12,18,21,25,27-30,32,37,40,46,49,63H,4-8,10-11,13-17,19-20,22-24,26,31,33-36,38-39,41-45,47-48,50-62H2,1-3H3/b12-9-,21-18-,28-25-,30-27-,32-29-,40-37-,49-46-. The maximum absolute atomic E-state index is 12.9. The van der Waals surface area contributed by atoms with E-state index in [0.717, 1.165) is 77.0 Å². The summed E-state index contributed by atoms with van der Waals surface area (Å²) in [4.78, 5) is 38.2. The highest BCUT2D eigenvalue weighted by atomic mass is 16.6. The average molecular weight is 1000 g/mol. The van der Waals surface area contributed by atoms with E-state index in [1.54, 1.807) is 0 Å². The summed E-state index contributed by atoms with van der Waals surface area (Å²) in [6.45, 7) is 6.49. The molecule has 1 atom stereocenters. The lowest BCUT2D eigenvalue weighted by atomic mass is 10.1. The first-order chi connectivity index (χ1) is 35.5. The van der Waals surface area contributed by atoms with Gasteiger partial charge < -0.3 is 14.2 Å². The number of rotatable bonds is 55. The molecule has 0 aliphatic rings. The Morgan fingerprint density at radius 3 is 0.917 bits per heavy atom. The number of carbonyl (C=O) groups is 3. The zero-order valence-electron chi connectivity index (χ0n) is 47.4. The van der Waals surface area contributed by atoms with Crippen LogP contribution in [0.5, 0.6) is 0 Å². The molecule has 0 aromatic carbocycles. The average Bonchev–Trinajstić information content (AvgIpc) is 3.38. The summed E-state index contributed by atoms with van der Waals surface area (Å²) >= 11 is 0. The van der Waals surface area contributed by atoms with Gasteiger partial charge in [0.05, 0.1) is 0 Å². The Morgan fingerprint density at radius 2 is 0.556 bits per heavy atom. The van der Waals surface area contributed by atoms with Crippen LogP contribution in [0.25, 0.3) is 0 Å². The minimum atomic E-state index is -0.804. The van der Waals surface area contributed by atoms with Gasteiger partial charge in [-0.05, 0) is 109 Å². The van der Waals surface area contributed by atoms with Gasteiger partial charge >= 0.3 is 17.9 Å². The Bertz CT molecular complexity index is 1380. The summed E-state index contributed by atoms with van der Waals surface area (Å²) in [5.74, 6) is -0.954. The molecule has 0 saturated heterocycles. The number of ether oxygens (including phenoxy) is 3. The summed E-state index contributed by atoms with van der Waals surface area (Å²) in [7, 11) is 0. The fourth-order valence-electron chi connectivity index (χ4n) is 8.53. The fourth-order valence-corrected chi connectivity index (χ4v) is 8.53. The van der Waals surface area contributed by atoms with Gasteiger partial charge in [0, 0.05) is 19.3 Å². The van der Waals surface area contributed by atoms with Crippen LogP contribution in [0.3, 0.4) is 0 Å². The molecule has 0 N–H and O–H groups in total. The second-order valence-electron chi connectivity index (χ2n) is 20.2. The fraction of sp³-hybridized carbons (Fsp3) is 0.742. The van der Waals surface area contributed by atoms with E-state index in [1.807, 2.05) is 0 Å². The van der Waals surface area contributed by atoms with Crippen molar-refractivity contribution in [2.45, 2.75) is 303 Å². The number of esters is 3. The van der Waals surface area contributed by atoms with Gasteiger partial charge in [-0.3, -0.25) is 14.4 Å². The maximum Gasteiger partial charge on any atom is 0.306 e. The molecule has 0 aliphatic carbocycles. The molecule has 0 heterocycles. The third-order valence-electron chi connectivity index (χ3n) is 13.1. The molecule has 0 aromatic rings. The monoisotopic (exact) mass is 1000 g/mol. The van der Waals surface area contributed by atoms with E-state index in [2.05, 4.69) is 106 Å². The Balaban J connectivity index is 4.45. The lowest BCUT2D eigenvalue weighted by Crippen LogP contribution is -2.30. The van der Waals surface area contributed by atoms with Crippen molar-refractivity contribution in [3.63, 3.8) is 0 Å². The van der Waals surface area contributed by atoms with Crippen molar-refractivity contribution >= 4 is 17.9 Å². The Hall–Kier alpha value is -3.41. The number of unbranched alkanes of at least 4 members (excludes halogenated alkanes) is 30. The zero-order chi connectivity index (χ0) is 52.2. The molecule has 72 heavy (non-hydrogen) atoms. The number of hydrogen-bond acceptors (Lipinski definition) is 6. The number of hydrogen-bond donors (Lipinski definition) is 0. The summed E-state index contributed by atoms with van der Waals surface area (Å²) in [6.07, 6.45) is 78.7. The van der Waals surface area contributed by atoms with Crippen LogP contribution in [0.15, 0.2) is 85.1 Å². The van der Waals surface area contributed by atoms with E-state index < -0.39 is 6.10 Å². The topological polar surface area (TPSA) is 78.9 Å². The molecule has 6 nitrogen and oxygen atoms in total. The highest BCUT2D eigenvalue weighted by Gasteiger charge is 2.19. The molecular weight excluding hydrogens is 889 g/mol. The van der Waals surface area contributed by atoms with Crippen LogP contribution in [0.1, 0.15) is 297 Å². The van der Waals surface area contributed by atoms with Crippen molar-refractivity contribution in [2.24, 2.45) is 0 Å². The van der Waals surface area contributed by atoms with Gasteiger partial charge in [0.15, 0.2) is 6.10 Å². The van der Waals surface area contributed by atoms with Gasteiger partial charge in [-0.15, -0.1) is 0 Å². The van der Waals surface area contributed by atoms with Crippen molar-refractivity contribution in [3.8, 4) is 0 Å². The van der Waals surface area contributed by atoms with Gasteiger partial charge in [-0.25, -0.2) is 0 Å². The van der Waals surface area contributed by atoms with Crippen LogP contribution < -0.4 is 0 Å². The largest absolute Gasteiger partial charge is 0.462 e. The van der Waals surface area contributed by atoms with Crippen LogP contribution in [-0.4, -0.2) is 37.2 Å². The lowest BCUT2D eigenvalue weighted by molar-refractivity contribution is -0.167. The van der Waals surface area contributed by atoms with Crippen LogP contribution >= 0.6 is 0 Å². The molecule has 414 valence electrons. The summed E-state index contributed by atoms with van der Waals surface area (Å²) in [5, 5.41) is 0. The second kappa shape index (κ2) is 60.1. The highest BCUT2D eigenvalue weighted by molar-refractivity contribution is 5.71. The van der Waals surface area contributed by atoms with Gasteiger partial charge in [-0.2, -0.15) is 0 Å². The van der Waals surface area contributed by atoms with Crippen molar-refractivity contribution in [1.29, 1.82) is 0 Å². The summed E-state index contributed by atoms with van der Waals surface area (Å²) in [6, 6.07) is 0. The third-order valence-corrected chi connectivity index (χ3v) is 13.1. The summed E-state index contributed by atoms with van der Waals surface area (Å²) in [5.41, 5.74) is 0. The molecule has 0 radical (unpaired) electrons. The van der Waals surface area contributed by atoms with E-state index in [9.17, 15) is 14.4 Å². The van der Waals surface area contributed by atoms with Crippen molar-refractivity contribution in [2.75, 3.05) is 13.2 Å². The van der Waals surface area contributed by atoms with E-state index in [1.165, 1.54) is 173 Å². The van der Waals surface area contributed by atoms with Crippen LogP contribution in [0, 0.1) is 0 Å². The van der Waals surface area contributed by atoms with E-state index in [0.29, 0.717) is 19.3 Å². The molecule has 0 bridgehead atoms. The van der Waals surface area contributed by atoms with Crippen molar-refractivity contribution in [1.82, 2.24) is 0 Å². The predicted molar refractivity (Wildman–Crippen MR) is 311 cm³/mol. The minimum Gasteiger partial charge on any atom is -0.462 e. The van der Waals surface area contributed by atoms with Gasteiger partial charge in [0.25, 0.3) is 0 Å². The maximum atomic E-state index is 12.9. The first kappa shape index (κ1) is 68.6. The predicted octanol–water partition coefficient (Wildman–Crippen LogP) is 20.7. The Morgan fingerprint density at radius 1 is 0.292 bits per heavy atom. The molecule has 1 unspecified atom stereocenters. The van der Waals surface area contributed by atoms with Gasteiger partial charge in [0.1, 0.15) is 13.2 Å². The first-order valence-corrected chi connectivity index (χ1v) is 30.6. The molecule has 0 saturated carbocycles. The molecule has 0 aromatic heterocycles. The molecule has 0 aliphatic heterocycles.